The number of thiazole rings is 1. The van der Waals surface area contributed by atoms with E-state index in [2.05, 4.69) is 25.2 Å². The molecule has 128 valence electrons. The van der Waals surface area contributed by atoms with E-state index in [-0.39, 0.29) is 6.10 Å². The number of aliphatic hydroxyl groups is 1. The van der Waals surface area contributed by atoms with Gasteiger partial charge in [-0.3, -0.25) is 0 Å². The van der Waals surface area contributed by atoms with E-state index in [0.717, 1.165) is 45.9 Å². The van der Waals surface area contributed by atoms with Crippen molar-refractivity contribution in [3.8, 4) is 10.6 Å². The molecular formula is C18H19N5OS. The highest BCUT2D eigenvalue weighted by Crippen LogP contribution is 2.32. The number of aliphatic hydroxyl groups excluding tert-OH is 1. The molecule has 0 amide bonds. The largest absolute Gasteiger partial charge is 0.391 e. The highest BCUT2D eigenvalue weighted by atomic mass is 32.1. The monoisotopic (exact) mass is 353 g/mol. The third-order valence-electron chi connectivity index (χ3n) is 4.10. The fourth-order valence-corrected chi connectivity index (χ4v) is 3.74. The Kier molecular flexibility index (Phi) is 4.33. The van der Waals surface area contributed by atoms with Crippen molar-refractivity contribution < 1.29 is 5.11 Å². The first-order valence-electron chi connectivity index (χ1n) is 8.23. The number of aryl methyl sites for hydroxylation is 1. The zero-order chi connectivity index (χ0) is 17.2. The fourth-order valence-electron chi connectivity index (χ4n) is 2.82. The van der Waals surface area contributed by atoms with Crippen LogP contribution in [0.3, 0.4) is 0 Å². The molecule has 1 aliphatic rings. The lowest BCUT2D eigenvalue weighted by Gasteiger charge is -2.12. The number of nitrogens with zero attached hydrogens (tertiary/aromatic N) is 4. The average Bonchev–Trinajstić information content (AvgIpc) is 3.24. The molecule has 1 aliphatic heterocycles. The Morgan fingerprint density at radius 2 is 2.16 bits per heavy atom. The molecule has 0 radical (unpaired) electrons. The van der Waals surface area contributed by atoms with Gasteiger partial charge < -0.3 is 15.3 Å². The van der Waals surface area contributed by atoms with Crippen molar-refractivity contribution >= 4 is 28.1 Å². The second-order valence-corrected chi connectivity index (χ2v) is 7.16. The van der Waals surface area contributed by atoms with Gasteiger partial charge in [0.2, 0.25) is 0 Å². The van der Waals surface area contributed by atoms with E-state index in [1.54, 1.807) is 17.5 Å². The molecule has 2 N–H and O–H groups in total. The molecule has 0 aliphatic carbocycles. The van der Waals surface area contributed by atoms with Gasteiger partial charge in [0.25, 0.3) is 0 Å². The van der Waals surface area contributed by atoms with Gasteiger partial charge in [-0.05, 0) is 43.2 Å². The van der Waals surface area contributed by atoms with Crippen molar-refractivity contribution in [3.63, 3.8) is 0 Å². The Balaban J connectivity index is 1.54. The number of nitrogens with one attached hydrogen (secondary N) is 1. The number of aromatic nitrogens is 3. The van der Waals surface area contributed by atoms with Gasteiger partial charge in [-0.2, -0.15) is 0 Å². The van der Waals surface area contributed by atoms with Crippen molar-refractivity contribution in [1.82, 2.24) is 15.0 Å². The summed E-state index contributed by atoms with van der Waals surface area (Å²) < 4.78 is 0. The highest BCUT2D eigenvalue weighted by molar-refractivity contribution is 7.18. The Labute approximate surface area is 150 Å². The first-order valence-corrected chi connectivity index (χ1v) is 9.05. The summed E-state index contributed by atoms with van der Waals surface area (Å²) in [4.78, 5) is 16.6. The maximum atomic E-state index is 9.69. The number of β-amino-alcohol motifs (C(OH)–C–C–N with tert-alkyl or cyclic N) is 1. The van der Waals surface area contributed by atoms with E-state index < -0.39 is 0 Å². The summed E-state index contributed by atoms with van der Waals surface area (Å²) in [5.74, 6) is 1.53. The zero-order valence-corrected chi connectivity index (χ0v) is 14.7. The van der Waals surface area contributed by atoms with Crippen LogP contribution in [-0.2, 0) is 0 Å². The first-order chi connectivity index (χ1) is 12.2. The van der Waals surface area contributed by atoms with Crippen molar-refractivity contribution in [2.45, 2.75) is 19.4 Å². The summed E-state index contributed by atoms with van der Waals surface area (Å²) >= 11 is 1.60. The minimum atomic E-state index is -0.250. The molecule has 0 bridgehead atoms. The van der Waals surface area contributed by atoms with Gasteiger partial charge in [0.05, 0.1) is 16.7 Å². The van der Waals surface area contributed by atoms with Crippen LogP contribution in [0.15, 0.2) is 42.7 Å². The molecule has 3 aromatic rings. The first kappa shape index (κ1) is 16.0. The van der Waals surface area contributed by atoms with E-state index in [0.29, 0.717) is 6.54 Å². The topological polar surface area (TPSA) is 74.2 Å². The van der Waals surface area contributed by atoms with Gasteiger partial charge in [0.1, 0.15) is 11.6 Å². The molecule has 0 spiro atoms. The van der Waals surface area contributed by atoms with E-state index in [9.17, 15) is 5.11 Å². The zero-order valence-electron chi connectivity index (χ0n) is 13.9. The molecule has 4 heterocycles. The van der Waals surface area contributed by atoms with Crippen LogP contribution in [-0.4, -0.2) is 39.3 Å². The molecule has 6 nitrogen and oxygen atoms in total. The molecule has 7 heteroatoms. The molecule has 1 saturated heterocycles. The SMILES string of the molecule is Cc1ccnc(Nc2cccc(-c3cnc(N4CC[C@@H](O)C4)s3)n2)c1. The van der Waals surface area contributed by atoms with Crippen LogP contribution in [0.25, 0.3) is 10.6 Å². The molecule has 0 aromatic carbocycles. The quantitative estimate of drug-likeness (QED) is 0.750. The van der Waals surface area contributed by atoms with Crippen LogP contribution in [0.2, 0.25) is 0 Å². The van der Waals surface area contributed by atoms with Crippen LogP contribution in [0.5, 0.6) is 0 Å². The Morgan fingerprint density at radius 3 is 2.96 bits per heavy atom. The second-order valence-electron chi connectivity index (χ2n) is 6.15. The normalized spacial score (nSPS) is 17.0. The number of pyridine rings is 2. The Hall–Kier alpha value is -2.51. The summed E-state index contributed by atoms with van der Waals surface area (Å²) in [6.45, 7) is 3.54. The van der Waals surface area contributed by atoms with E-state index >= 15 is 0 Å². The van der Waals surface area contributed by atoms with E-state index in [4.69, 9.17) is 0 Å². The second kappa shape index (κ2) is 6.78. The van der Waals surface area contributed by atoms with Crippen LogP contribution in [0, 0.1) is 6.92 Å². The Bertz CT molecular complexity index is 881. The molecule has 4 rings (SSSR count). The number of rotatable bonds is 4. The molecule has 0 unspecified atom stereocenters. The smallest absolute Gasteiger partial charge is 0.185 e. The lowest BCUT2D eigenvalue weighted by Crippen LogP contribution is -2.20. The lowest BCUT2D eigenvalue weighted by atomic mass is 10.3. The summed E-state index contributed by atoms with van der Waals surface area (Å²) in [5.41, 5.74) is 2.02. The lowest BCUT2D eigenvalue weighted by molar-refractivity contribution is 0.198. The highest BCUT2D eigenvalue weighted by Gasteiger charge is 2.22. The standard InChI is InChI=1S/C18H19N5OS/c1-12-5-7-19-17(9-12)22-16-4-2-3-14(21-16)15-10-20-18(25-15)23-8-6-13(24)11-23/h2-5,7,9-10,13,24H,6,8,11H2,1H3,(H,19,21,22)/t13-/m1/s1. The minimum absolute atomic E-state index is 0.250. The van der Waals surface area contributed by atoms with Gasteiger partial charge in [-0.1, -0.05) is 17.4 Å². The molecule has 1 atom stereocenters. The number of hydrogen-bond donors (Lipinski definition) is 2. The van der Waals surface area contributed by atoms with Crippen LogP contribution < -0.4 is 10.2 Å². The van der Waals surface area contributed by atoms with Gasteiger partial charge in [-0.15, -0.1) is 0 Å². The maximum Gasteiger partial charge on any atom is 0.185 e. The maximum absolute atomic E-state index is 9.69. The summed E-state index contributed by atoms with van der Waals surface area (Å²) in [7, 11) is 0. The summed E-state index contributed by atoms with van der Waals surface area (Å²) in [5, 5.41) is 13.9. The van der Waals surface area contributed by atoms with Gasteiger partial charge in [0.15, 0.2) is 5.13 Å². The third-order valence-corrected chi connectivity index (χ3v) is 5.18. The van der Waals surface area contributed by atoms with Crippen molar-refractivity contribution in [2.24, 2.45) is 0 Å². The van der Waals surface area contributed by atoms with Gasteiger partial charge in [-0.25, -0.2) is 15.0 Å². The third kappa shape index (κ3) is 3.62. The van der Waals surface area contributed by atoms with E-state index in [1.807, 2.05) is 43.5 Å². The van der Waals surface area contributed by atoms with Gasteiger partial charge >= 0.3 is 0 Å². The van der Waals surface area contributed by atoms with Crippen LogP contribution in [0.4, 0.5) is 16.8 Å². The molecular weight excluding hydrogens is 334 g/mol. The average molecular weight is 353 g/mol. The van der Waals surface area contributed by atoms with Crippen LogP contribution >= 0.6 is 11.3 Å². The van der Waals surface area contributed by atoms with E-state index in [1.165, 1.54) is 0 Å². The molecule has 1 fully saturated rings. The van der Waals surface area contributed by atoms with Crippen molar-refractivity contribution in [3.05, 3.63) is 48.3 Å². The van der Waals surface area contributed by atoms with Crippen LogP contribution in [0.1, 0.15) is 12.0 Å². The molecule has 25 heavy (non-hydrogen) atoms. The fraction of sp³-hybridized carbons (Fsp3) is 0.278. The van der Waals surface area contributed by atoms with Crippen molar-refractivity contribution in [2.75, 3.05) is 23.3 Å². The minimum Gasteiger partial charge on any atom is -0.391 e. The predicted octanol–water partition coefficient (Wildman–Crippen LogP) is 3.22. The van der Waals surface area contributed by atoms with Crippen molar-refractivity contribution in [1.29, 1.82) is 0 Å². The molecule has 0 saturated carbocycles. The summed E-state index contributed by atoms with van der Waals surface area (Å²) in [6.07, 6.45) is 4.18. The number of hydrogen-bond acceptors (Lipinski definition) is 7. The number of anilines is 3. The predicted molar refractivity (Wildman–Crippen MR) is 100 cm³/mol. The molecule has 3 aromatic heterocycles. The van der Waals surface area contributed by atoms with Gasteiger partial charge in [0, 0.05) is 25.5 Å². The summed E-state index contributed by atoms with van der Waals surface area (Å²) in [6, 6.07) is 9.82. The Morgan fingerprint density at radius 1 is 1.24 bits per heavy atom.